The first-order valence-electron chi connectivity index (χ1n) is 8.40. The largest absolute Gasteiger partial charge is 0.342 e. The van der Waals surface area contributed by atoms with Crippen LogP contribution in [0, 0.1) is 25.2 Å². The normalized spacial score (nSPS) is 18.7. The minimum atomic E-state index is -1.06. The topological polar surface area (TPSA) is 49.4 Å². The summed E-state index contributed by atoms with van der Waals surface area (Å²) in [7, 11) is 0. The van der Waals surface area contributed by atoms with Crippen LogP contribution in [0.25, 0.3) is 0 Å². The number of amides is 2. The van der Waals surface area contributed by atoms with Crippen LogP contribution in [0.3, 0.4) is 0 Å². The zero-order chi connectivity index (χ0) is 17.2. The van der Waals surface area contributed by atoms with Crippen molar-refractivity contribution in [2.24, 2.45) is 11.3 Å². The molecule has 0 spiro atoms. The monoisotopic (exact) mass is 316 g/mol. The van der Waals surface area contributed by atoms with Gasteiger partial charge in [-0.3, -0.25) is 9.59 Å². The third-order valence-corrected chi connectivity index (χ3v) is 4.90. The van der Waals surface area contributed by atoms with Crippen LogP contribution in [0.2, 0.25) is 0 Å². The number of likely N-dealkylation sites (tertiary alicyclic amines) is 1. The first kappa shape index (κ1) is 17.5. The average molecular weight is 316 g/mol. The third kappa shape index (κ3) is 3.74. The molecule has 0 aliphatic carbocycles. The van der Waals surface area contributed by atoms with E-state index in [4.69, 9.17) is 0 Å². The van der Waals surface area contributed by atoms with E-state index in [1.54, 1.807) is 13.8 Å². The molecule has 1 aliphatic heterocycles. The van der Waals surface area contributed by atoms with Gasteiger partial charge in [-0.1, -0.05) is 19.1 Å². The fraction of sp³-hybridized carbons (Fsp3) is 0.579. The Bertz CT molecular complexity index is 607. The van der Waals surface area contributed by atoms with Crippen LogP contribution < -0.4 is 5.32 Å². The Labute approximate surface area is 139 Å². The summed E-state index contributed by atoms with van der Waals surface area (Å²) in [6, 6.07) is 5.80. The molecule has 0 radical (unpaired) electrons. The number of hydrogen-bond acceptors (Lipinski definition) is 2. The minimum absolute atomic E-state index is 0.0770. The molecule has 2 amide bonds. The zero-order valence-corrected chi connectivity index (χ0v) is 14.9. The molecule has 126 valence electrons. The van der Waals surface area contributed by atoms with Crippen LogP contribution in [0.5, 0.6) is 0 Å². The molecule has 1 aromatic carbocycles. The van der Waals surface area contributed by atoms with Gasteiger partial charge >= 0.3 is 0 Å². The second kappa shape index (κ2) is 6.73. The van der Waals surface area contributed by atoms with Crippen molar-refractivity contribution in [2.75, 3.05) is 18.4 Å². The van der Waals surface area contributed by atoms with E-state index in [0.717, 1.165) is 42.7 Å². The molecule has 0 bridgehead atoms. The number of aryl methyl sites for hydroxylation is 1. The van der Waals surface area contributed by atoms with Gasteiger partial charge in [-0.15, -0.1) is 0 Å². The van der Waals surface area contributed by atoms with Gasteiger partial charge in [-0.25, -0.2) is 0 Å². The van der Waals surface area contributed by atoms with Gasteiger partial charge in [0.2, 0.25) is 11.8 Å². The molecule has 1 N–H and O–H groups in total. The van der Waals surface area contributed by atoms with Gasteiger partial charge < -0.3 is 10.2 Å². The summed E-state index contributed by atoms with van der Waals surface area (Å²) < 4.78 is 0. The molecule has 2 rings (SSSR count). The highest BCUT2D eigenvalue weighted by atomic mass is 16.2. The van der Waals surface area contributed by atoms with Crippen molar-refractivity contribution in [1.82, 2.24) is 4.90 Å². The Morgan fingerprint density at radius 3 is 2.61 bits per heavy atom. The second-order valence-corrected chi connectivity index (χ2v) is 7.33. The molecule has 1 aliphatic rings. The molecule has 0 saturated carbocycles. The van der Waals surface area contributed by atoms with E-state index in [-0.39, 0.29) is 11.8 Å². The van der Waals surface area contributed by atoms with Crippen molar-refractivity contribution >= 4 is 17.5 Å². The second-order valence-electron chi connectivity index (χ2n) is 7.33. The number of carbonyl (C=O) groups excluding carboxylic acids is 2. The maximum absolute atomic E-state index is 12.8. The van der Waals surface area contributed by atoms with Crippen molar-refractivity contribution in [3.05, 3.63) is 29.3 Å². The standard InChI is InChI=1S/C19H28N2O2/c1-13-8-7-11-21(12-13)18(23)19(4,5)17(22)20-16-10-6-9-14(2)15(16)3/h6,9-10,13H,7-8,11-12H2,1-5H3,(H,20,22). The van der Waals surface area contributed by atoms with Crippen molar-refractivity contribution in [3.63, 3.8) is 0 Å². The summed E-state index contributed by atoms with van der Waals surface area (Å²) >= 11 is 0. The van der Waals surface area contributed by atoms with E-state index in [0.29, 0.717) is 5.92 Å². The van der Waals surface area contributed by atoms with Crippen molar-refractivity contribution < 1.29 is 9.59 Å². The predicted octanol–water partition coefficient (Wildman–Crippen LogP) is 3.53. The number of hydrogen-bond donors (Lipinski definition) is 1. The predicted molar refractivity (Wildman–Crippen MR) is 93.3 cm³/mol. The number of piperidine rings is 1. The zero-order valence-electron chi connectivity index (χ0n) is 14.9. The molecular formula is C19H28N2O2. The number of benzene rings is 1. The van der Waals surface area contributed by atoms with E-state index in [1.807, 2.05) is 36.9 Å². The summed E-state index contributed by atoms with van der Waals surface area (Å²) in [5.41, 5.74) is 1.88. The molecular weight excluding hydrogens is 288 g/mol. The lowest BCUT2D eigenvalue weighted by Gasteiger charge is -2.36. The Morgan fingerprint density at radius 1 is 1.26 bits per heavy atom. The Kier molecular flexibility index (Phi) is 5.12. The van der Waals surface area contributed by atoms with Crippen LogP contribution >= 0.6 is 0 Å². The van der Waals surface area contributed by atoms with E-state index in [2.05, 4.69) is 12.2 Å². The molecule has 1 heterocycles. The van der Waals surface area contributed by atoms with Crippen molar-refractivity contribution in [2.45, 2.75) is 47.5 Å². The number of nitrogens with zero attached hydrogens (tertiary/aromatic N) is 1. The van der Waals surface area contributed by atoms with Gasteiger partial charge in [0.15, 0.2) is 0 Å². The summed E-state index contributed by atoms with van der Waals surface area (Å²) in [6.07, 6.45) is 2.17. The first-order chi connectivity index (χ1) is 10.7. The van der Waals surface area contributed by atoms with E-state index >= 15 is 0 Å². The summed E-state index contributed by atoms with van der Waals surface area (Å²) in [4.78, 5) is 27.4. The number of rotatable bonds is 3. The number of carbonyl (C=O) groups is 2. The van der Waals surface area contributed by atoms with Crippen LogP contribution in [0.15, 0.2) is 18.2 Å². The molecule has 1 saturated heterocycles. The van der Waals surface area contributed by atoms with Gasteiger partial charge in [0.05, 0.1) is 0 Å². The van der Waals surface area contributed by atoms with Gasteiger partial charge in [0, 0.05) is 18.8 Å². The Hall–Kier alpha value is -1.84. The van der Waals surface area contributed by atoms with E-state index in [1.165, 1.54) is 0 Å². The fourth-order valence-electron chi connectivity index (χ4n) is 3.03. The quantitative estimate of drug-likeness (QED) is 0.867. The lowest BCUT2D eigenvalue weighted by atomic mass is 9.88. The summed E-state index contributed by atoms with van der Waals surface area (Å²) in [6.45, 7) is 11.1. The Morgan fingerprint density at radius 2 is 1.96 bits per heavy atom. The van der Waals surface area contributed by atoms with E-state index < -0.39 is 5.41 Å². The maximum Gasteiger partial charge on any atom is 0.239 e. The first-order valence-corrected chi connectivity index (χ1v) is 8.40. The lowest BCUT2D eigenvalue weighted by Crippen LogP contribution is -2.50. The smallest absolute Gasteiger partial charge is 0.239 e. The van der Waals surface area contributed by atoms with Gasteiger partial charge in [0.1, 0.15) is 5.41 Å². The molecule has 1 aromatic rings. The third-order valence-electron chi connectivity index (χ3n) is 4.90. The highest BCUT2D eigenvalue weighted by Crippen LogP contribution is 2.27. The number of nitrogens with one attached hydrogen (secondary N) is 1. The highest BCUT2D eigenvalue weighted by molar-refractivity contribution is 6.10. The highest BCUT2D eigenvalue weighted by Gasteiger charge is 2.40. The lowest BCUT2D eigenvalue weighted by molar-refractivity contribution is -0.147. The molecule has 1 fully saturated rings. The fourth-order valence-corrected chi connectivity index (χ4v) is 3.03. The van der Waals surface area contributed by atoms with E-state index in [9.17, 15) is 9.59 Å². The molecule has 4 heteroatoms. The van der Waals surface area contributed by atoms with Crippen molar-refractivity contribution in [3.8, 4) is 0 Å². The Balaban J connectivity index is 2.13. The van der Waals surface area contributed by atoms with Gasteiger partial charge in [0.25, 0.3) is 0 Å². The van der Waals surface area contributed by atoms with Gasteiger partial charge in [-0.05, 0) is 63.6 Å². The maximum atomic E-state index is 12.8. The van der Waals surface area contributed by atoms with Crippen LogP contribution in [0.4, 0.5) is 5.69 Å². The van der Waals surface area contributed by atoms with Gasteiger partial charge in [-0.2, -0.15) is 0 Å². The molecule has 0 aromatic heterocycles. The molecule has 1 atom stereocenters. The molecule has 4 nitrogen and oxygen atoms in total. The minimum Gasteiger partial charge on any atom is -0.342 e. The van der Waals surface area contributed by atoms with Crippen LogP contribution in [-0.4, -0.2) is 29.8 Å². The number of anilines is 1. The summed E-state index contributed by atoms with van der Waals surface area (Å²) in [5.74, 6) is 0.187. The average Bonchev–Trinajstić information content (AvgIpc) is 2.51. The summed E-state index contributed by atoms with van der Waals surface area (Å²) in [5, 5.41) is 2.94. The van der Waals surface area contributed by atoms with Crippen LogP contribution in [0.1, 0.15) is 44.7 Å². The molecule has 1 unspecified atom stereocenters. The van der Waals surface area contributed by atoms with Crippen LogP contribution in [-0.2, 0) is 9.59 Å². The molecule has 23 heavy (non-hydrogen) atoms. The SMILES string of the molecule is Cc1cccc(NC(=O)C(C)(C)C(=O)N2CCCC(C)C2)c1C. The van der Waals surface area contributed by atoms with Crippen molar-refractivity contribution in [1.29, 1.82) is 0 Å².